The predicted octanol–water partition coefficient (Wildman–Crippen LogP) is 2.46. The molecule has 0 spiro atoms. The molecular weight excluding hydrogens is 352 g/mol. The smallest absolute Gasteiger partial charge is 0.193 e. The molecule has 2 atom stereocenters. The number of hydrogen-bond acceptors (Lipinski definition) is 4. The van der Waals surface area contributed by atoms with Crippen molar-refractivity contribution in [3.8, 4) is 0 Å². The lowest BCUT2D eigenvalue weighted by Gasteiger charge is -2.26. The number of likely N-dealkylation sites (tertiary alicyclic amines) is 1. The van der Waals surface area contributed by atoms with Crippen LogP contribution in [-0.4, -0.2) is 82.5 Å². The summed E-state index contributed by atoms with van der Waals surface area (Å²) >= 11 is 0. The summed E-state index contributed by atoms with van der Waals surface area (Å²) in [5.74, 6) is 1.59. The molecule has 1 aliphatic rings. The zero-order valence-corrected chi connectivity index (χ0v) is 18.1. The van der Waals surface area contributed by atoms with Crippen LogP contribution in [0.2, 0.25) is 0 Å². The summed E-state index contributed by atoms with van der Waals surface area (Å²) < 4.78 is 10.7. The van der Waals surface area contributed by atoms with E-state index in [4.69, 9.17) is 9.47 Å². The fourth-order valence-corrected chi connectivity index (χ4v) is 3.53. The lowest BCUT2D eigenvalue weighted by atomic mass is 10.1. The predicted molar refractivity (Wildman–Crippen MR) is 116 cm³/mol. The number of aliphatic imine (C=N–C) groups is 1. The first-order valence-electron chi connectivity index (χ1n) is 10.4. The number of benzene rings is 1. The number of ether oxygens (including phenoxy) is 2. The van der Waals surface area contributed by atoms with Gasteiger partial charge in [-0.15, -0.1) is 0 Å². The average molecular weight is 391 g/mol. The van der Waals surface area contributed by atoms with Gasteiger partial charge in [0.15, 0.2) is 5.96 Å². The standard InChI is InChI=1S/C22H38N4O2/c1-19(25(3)16-20-8-6-5-7-9-20)10-12-24-22(23-2)26-13-11-21(17-26)18-28-15-14-27-4/h5-9,19,21H,10-18H2,1-4H3,(H,23,24). The van der Waals surface area contributed by atoms with E-state index in [0.717, 1.165) is 51.6 Å². The summed E-state index contributed by atoms with van der Waals surface area (Å²) in [7, 11) is 5.77. The van der Waals surface area contributed by atoms with Crippen LogP contribution in [0.1, 0.15) is 25.3 Å². The minimum Gasteiger partial charge on any atom is -0.382 e. The number of methoxy groups -OCH3 is 1. The maximum absolute atomic E-state index is 5.69. The highest BCUT2D eigenvalue weighted by molar-refractivity contribution is 5.80. The monoisotopic (exact) mass is 390 g/mol. The van der Waals surface area contributed by atoms with Crippen molar-refractivity contribution in [1.82, 2.24) is 15.1 Å². The van der Waals surface area contributed by atoms with E-state index < -0.39 is 0 Å². The van der Waals surface area contributed by atoms with Crippen LogP contribution < -0.4 is 5.32 Å². The molecule has 1 N–H and O–H groups in total. The molecule has 28 heavy (non-hydrogen) atoms. The molecular formula is C22H38N4O2. The summed E-state index contributed by atoms with van der Waals surface area (Å²) in [4.78, 5) is 9.24. The first kappa shape index (κ1) is 22.7. The van der Waals surface area contributed by atoms with Crippen LogP contribution in [0.25, 0.3) is 0 Å². The molecule has 1 aliphatic heterocycles. The van der Waals surface area contributed by atoms with Crippen molar-refractivity contribution in [1.29, 1.82) is 0 Å². The molecule has 1 aromatic rings. The van der Waals surface area contributed by atoms with Gasteiger partial charge in [0, 0.05) is 52.3 Å². The molecule has 2 rings (SSSR count). The second-order valence-corrected chi connectivity index (χ2v) is 7.68. The zero-order chi connectivity index (χ0) is 20.2. The van der Waals surface area contributed by atoms with Gasteiger partial charge in [-0.3, -0.25) is 9.89 Å². The molecule has 1 fully saturated rings. The average Bonchev–Trinajstić information content (AvgIpc) is 3.18. The van der Waals surface area contributed by atoms with Gasteiger partial charge in [-0.25, -0.2) is 0 Å². The number of rotatable bonds is 11. The summed E-state index contributed by atoms with van der Waals surface area (Å²) in [5.41, 5.74) is 1.36. The fourth-order valence-electron chi connectivity index (χ4n) is 3.53. The van der Waals surface area contributed by atoms with Gasteiger partial charge in [0.2, 0.25) is 0 Å². The highest BCUT2D eigenvalue weighted by Gasteiger charge is 2.25. The minimum absolute atomic E-state index is 0.506. The first-order valence-corrected chi connectivity index (χ1v) is 10.4. The van der Waals surface area contributed by atoms with Gasteiger partial charge in [-0.1, -0.05) is 30.3 Å². The summed E-state index contributed by atoms with van der Waals surface area (Å²) in [5, 5.41) is 3.55. The van der Waals surface area contributed by atoms with Crippen LogP contribution in [0.5, 0.6) is 0 Å². The van der Waals surface area contributed by atoms with Crippen molar-refractivity contribution in [3.63, 3.8) is 0 Å². The third-order valence-corrected chi connectivity index (χ3v) is 5.46. The van der Waals surface area contributed by atoms with E-state index >= 15 is 0 Å². The molecule has 1 heterocycles. The quantitative estimate of drug-likeness (QED) is 0.357. The Labute approximate surface area is 170 Å². The Balaban J connectivity index is 1.66. The summed E-state index contributed by atoms with van der Waals surface area (Å²) in [6.07, 6.45) is 2.24. The topological polar surface area (TPSA) is 49.3 Å². The van der Waals surface area contributed by atoms with E-state index in [9.17, 15) is 0 Å². The molecule has 0 amide bonds. The number of guanidine groups is 1. The Bertz CT molecular complexity index is 567. The molecule has 0 aliphatic carbocycles. The van der Waals surface area contributed by atoms with E-state index in [1.165, 1.54) is 5.56 Å². The van der Waals surface area contributed by atoms with E-state index in [0.29, 0.717) is 25.2 Å². The maximum atomic E-state index is 5.69. The largest absolute Gasteiger partial charge is 0.382 e. The summed E-state index contributed by atoms with van der Waals surface area (Å²) in [6, 6.07) is 11.2. The molecule has 6 nitrogen and oxygen atoms in total. The van der Waals surface area contributed by atoms with E-state index in [1.807, 2.05) is 7.05 Å². The van der Waals surface area contributed by atoms with E-state index in [1.54, 1.807) is 7.11 Å². The molecule has 158 valence electrons. The lowest BCUT2D eigenvalue weighted by molar-refractivity contribution is 0.0536. The highest BCUT2D eigenvalue weighted by Crippen LogP contribution is 2.16. The van der Waals surface area contributed by atoms with Crippen LogP contribution in [0, 0.1) is 5.92 Å². The van der Waals surface area contributed by atoms with E-state index in [2.05, 4.69) is 64.4 Å². The van der Waals surface area contributed by atoms with Gasteiger partial charge in [0.05, 0.1) is 19.8 Å². The zero-order valence-electron chi connectivity index (χ0n) is 18.1. The van der Waals surface area contributed by atoms with Crippen molar-refractivity contribution < 1.29 is 9.47 Å². The van der Waals surface area contributed by atoms with Gasteiger partial charge in [0.1, 0.15) is 0 Å². The Morgan fingerprint density at radius 3 is 2.82 bits per heavy atom. The molecule has 2 unspecified atom stereocenters. The maximum Gasteiger partial charge on any atom is 0.193 e. The van der Waals surface area contributed by atoms with Gasteiger partial charge >= 0.3 is 0 Å². The molecule has 0 bridgehead atoms. The molecule has 6 heteroatoms. The first-order chi connectivity index (χ1) is 13.6. The number of nitrogens with one attached hydrogen (secondary N) is 1. The second kappa shape index (κ2) is 12.8. The Hall–Kier alpha value is -1.63. The van der Waals surface area contributed by atoms with Crippen LogP contribution in [0.15, 0.2) is 35.3 Å². The minimum atomic E-state index is 0.506. The molecule has 0 saturated carbocycles. The van der Waals surface area contributed by atoms with E-state index in [-0.39, 0.29) is 0 Å². The van der Waals surface area contributed by atoms with Crippen molar-refractivity contribution >= 4 is 5.96 Å². The highest BCUT2D eigenvalue weighted by atomic mass is 16.5. The van der Waals surface area contributed by atoms with Crippen LogP contribution in [0.3, 0.4) is 0 Å². The summed E-state index contributed by atoms with van der Waals surface area (Å²) in [6.45, 7) is 8.39. The SMILES string of the molecule is CN=C(NCCC(C)N(C)Cc1ccccc1)N1CCC(COCCOC)C1. The van der Waals surface area contributed by atoms with Crippen molar-refractivity contribution in [3.05, 3.63) is 35.9 Å². The molecule has 1 saturated heterocycles. The van der Waals surface area contributed by atoms with Gasteiger partial charge in [-0.2, -0.15) is 0 Å². The Morgan fingerprint density at radius 2 is 2.11 bits per heavy atom. The van der Waals surface area contributed by atoms with Gasteiger partial charge in [-0.05, 0) is 32.4 Å². The molecule has 0 aromatic heterocycles. The Kier molecular flexibility index (Phi) is 10.3. The van der Waals surface area contributed by atoms with Crippen molar-refractivity contribution in [2.45, 2.75) is 32.4 Å². The van der Waals surface area contributed by atoms with Crippen LogP contribution in [-0.2, 0) is 16.0 Å². The third-order valence-electron chi connectivity index (χ3n) is 5.46. The molecule has 1 aromatic carbocycles. The third kappa shape index (κ3) is 7.78. The fraction of sp³-hybridized carbons (Fsp3) is 0.682. The van der Waals surface area contributed by atoms with Gasteiger partial charge in [0.25, 0.3) is 0 Å². The van der Waals surface area contributed by atoms with Crippen molar-refractivity contribution in [2.24, 2.45) is 10.9 Å². The van der Waals surface area contributed by atoms with Crippen LogP contribution >= 0.6 is 0 Å². The molecule has 0 radical (unpaired) electrons. The van der Waals surface area contributed by atoms with Crippen LogP contribution in [0.4, 0.5) is 0 Å². The normalized spacial score (nSPS) is 18.7. The number of nitrogens with zero attached hydrogens (tertiary/aromatic N) is 3. The van der Waals surface area contributed by atoms with Gasteiger partial charge < -0.3 is 19.7 Å². The second-order valence-electron chi connectivity index (χ2n) is 7.68. The van der Waals surface area contributed by atoms with Crippen molar-refractivity contribution in [2.75, 3.05) is 60.7 Å². The lowest BCUT2D eigenvalue weighted by Crippen LogP contribution is -2.42. The number of hydrogen-bond donors (Lipinski definition) is 1. The Morgan fingerprint density at radius 1 is 1.32 bits per heavy atom.